The van der Waals surface area contributed by atoms with Crippen molar-refractivity contribution in [3.05, 3.63) is 18.1 Å². The predicted molar refractivity (Wildman–Crippen MR) is 35.2 cm³/mol. The molecule has 0 saturated heterocycles. The van der Waals surface area contributed by atoms with E-state index >= 15 is 0 Å². The Balaban J connectivity index is 2.90. The highest BCUT2D eigenvalue weighted by atomic mass is 19.3. The lowest BCUT2D eigenvalue weighted by molar-refractivity contribution is -0.0522. The molecule has 0 atom stereocenters. The van der Waals surface area contributed by atoms with Crippen molar-refractivity contribution >= 4 is 5.82 Å². The second-order valence-electron chi connectivity index (χ2n) is 1.92. The van der Waals surface area contributed by atoms with E-state index in [-0.39, 0.29) is 5.82 Å². The van der Waals surface area contributed by atoms with Crippen molar-refractivity contribution < 1.29 is 17.9 Å². The number of nitrogens with zero attached hydrogens (tertiary/aromatic N) is 1. The van der Waals surface area contributed by atoms with Gasteiger partial charge >= 0.3 is 6.61 Å². The minimum absolute atomic E-state index is 0.0768. The number of halogens is 3. The first kappa shape index (κ1) is 8.63. The fourth-order valence-corrected chi connectivity index (χ4v) is 0.622. The maximum atomic E-state index is 12.6. The van der Waals surface area contributed by atoms with E-state index < -0.39 is 18.2 Å². The topological polar surface area (TPSA) is 48.1 Å². The summed E-state index contributed by atoms with van der Waals surface area (Å²) in [6.07, 6.45) is 0.715. The van der Waals surface area contributed by atoms with Gasteiger partial charge in [0.2, 0.25) is 0 Å². The summed E-state index contributed by atoms with van der Waals surface area (Å²) < 4.78 is 39.5. The van der Waals surface area contributed by atoms with Crippen molar-refractivity contribution in [2.45, 2.75) is 6.61 Å². The molecule has 6 heteroatoms. The van der Waals surface area contributed by atoms with E-state index in [1.54, 1.807) is 0 Å². The van der Waals surface area contributed by atoms with Gasteiger partial charge in [-0.3, -0.25) is 0 Å². The highest BCUT2D eigenvalue weighted by molar-refractivity contribution is 5.36. The van der Waals surface area contributed by atoms with Crippen LogP contribution in [0.4, 0.5) is 19.0 Å². The molecule has 0 aliphatic heterocycles. The second kappa shape index (κ2) is 3.29. The largest absolute Gasteiger partial charge is 0.431 e. The van der Waals surface area contributed by atoms with Crippen molar-refractivity contribution in [2.24, 2.45) is 0 Å². The van der Waals surface area contributed by atoms with Crippen LogP contribution in [0.25, 0.3) is 0 Å². The highest BCUT2D eigenvalue weighted by Gasteiger charge is 2.09. The van der Waals surface area contributed by atoms with E-state index in [4.69, 9.17) is 5.73 Å². The van der Waals surface area contributed by atoms with Crippen molar-refractivity contribution in [3.63, 3.8) is 0 Å². The summed E-state index contributed by atoms with van der Waals surface area (Å²) in [4.78, 5) is 3.32. The van der Waals surface area contributed by atoms with Gasteiger partial charge in [0.25, 0.3) is 0 Å². The molecule has 0 amide bonds. The van der Waals surface area contributed by atoms with Gasteiger partial charge in [-0.15, -0.1) is 0 Å². The molecule has 0 saturated carbocycles. The molecular weight excluding hydrogens is 173 g/mol. The summed E-state index contributed by atoms with van der Waals surface area (Å²) in [6, 6.07) is 0.890. The summed E-state index contributed by atoms with van der Waals surface area (Å²) >= 11 is 0. The molecule has 0 bridgehead atoms. The van der Waals surface area contributed by atoms with Crippen LogP contribution in [0, 0.1) is 5.82 Å². The average molecular weight is 178 g/mol. The van der Waals surface area contributed by atoms with E-state index in [2.05, 4.69) is 9.72 Å². The summed E-state index contributed by atoms with van der Waals surface area (Å²) in [5, 5.41) is 0. The van der Waals surface area contributed by atoms with E-state index in [9.17, 15) is 13.2 Å². The molecule has 1 aromatic heterocycles. The molecule has 1 aromatic rings. The number of hydrogen-bond donors (Lipinski definition) is 1. The number of hydrogen-bond acceptors (Lipinski definition) is 3. The third-order valence-electron chi connectivity index (χ3n) is 1.06. The number of aromatic nitrogens is 1. The highest BCUT2D eigenvalue weighted by Crippen LogP contribution is 2.19. The molecule has 2 N–H and O–H groups in total. The third-order valence-corrected chi connectivity index (χ3v) is 1.06. The van der Waals surface area contributed by atoms with E-state index in [1.165, 1.54) is 0 Å². The first-order valence-electron chi connectivity index (χ1n) is 2.95. The van der Waals surface area contributed by atoms with Crippen LogP contribution in [-0.2, 0) is 0 Å². The predicted octanol–water partition coefficient (Wildman–Crippen LogP) is 1.40. The molecule has 12 heavy (non-hydrogen) atoms. The molecule has 1 rings (SSSR count). The van der Waals surface area contributed by atoms with Crippen LogP contribution in [0.15, 0.2) is 12.3 Å². The van der Waals surface area contributed by atoms with Gasteiger partial charge in [-0.05, 0) is 0 Å². The van der Waals surface area contributed by atoms with Gasteiger partial charge in [-0.25, -0.2) is 9.37 Å². The normalized spacial score (nSPS) is 10.3. The van der Waals surface area contributed by atoms with Gasteiger partial charge < -0.3 is 10.5 Å². The Kier molecular flexibility index (Phi) is 2.37. The molecule has 0 unspecified atom stereocenters. The van der Waals surface area contributed by atoms with Crippen LogP contribution in [0.3, 0.4) is 0 Å². The summed E-state index contributed by atoms with van der Waals surface area (Å²) in [6.45, 7) is -3.07. The summed E-state index contributed by atoms with van der Waals surface area (Å²) in [5.41, 5.74) is 5.10. The molecule has 1 heterocycles. The van der Waals surface area contributed by atoms with E-state index in [1.807, 2.05) is 0 Å². The molecule has 3 nitrogen and oxygen atoms in total. The van der Waals surface area contributed by atoms with Gasteiger partial charge in [0.05, 0.1) is 6.20 Å². The molecule has 0 aliphatic rings. The lowest BCUT2D eigenvalue weighted by Gasteiger charge is -2.04. The maximum absolute atomic E-state index is 12.6. The molecule has 0 aliphatic carbocycles. The fraction of sp³-hybridized carbons (Fsp3) is 0.167. The fourth-order valence-electron chi connectivity index (χ4n) is 0.622. The van der Waals surface area contributed by atoms with Gasteiger partial charge in [-0.2, -0.15) is 8.78 Å². The minimum Gasteiger partial charge on any atom is -0.431 e. The lowest BCUT2D eigenvalue weighted by Crippen LogP contribution is -2.04. The second-order valence-corrected chi connectivity index (χ2v) is 1.92. The van der Waals surface area contributed by atoms with Gasteiger partial charge in [0, 0.05) is 6.07 Å². The Labute approximate surface area is 66.0 Å². The Morgan fingerprint density at radius 2 is 2.17 bits per heavy atom. The van der Waals surface area contributed by atoms with Crippen LogP contribution in [0.2, 0.25) is 0 Å². The van der Waals surface area contributed by atoms with E-state index in [0.717, 1.165) is 6.07 Å². The maximum Gasteiger partial charge on any atom is 0.387 e. The zero-order valence-corrected chi connectivity index (χ0v) is 5.80. The van der Waals surface area contributed by atoms with E-state index in [0.29, 0.717) is 6.20 Å². The molecule has 0 spiro atoms. The van der Waals surface area contributed by atoms with Crippen LogP contribution in [0.5, 0.6) is 5.75 Å². The number of anilines is 1. The number of ether oxygens (including phenoxy) is 1. The Morgan fingerprint density at radius 1 is 1.50 bits per heavy atom. The average Bonchev–Trinajstić information content (AvgIpc) is 1.96. The van der Waals surface area contributed by atoms with Crippen LogP contribution in [-0.4, -0.2) is 11.6 Å². The number of nitrogens with two attached hydrogens (primary N) is 1. The van der Waals surface area contributed by atoms with Crippen LogP contribution in [0.1, 0.15) is 0 Å². The zero-order valence-electron chi connectivity index (χ0n) is 5.80. The standard InChI is InChI=1S/C6H5F3N2O/c7-3-2-11-5(10)1-4(3)12-6(8)9/h1-2,6H,(H2,10,11). The third kappa shape index (κ3) is 2.01. The first-order chi connectivity index (χ1) is 5.59. The number of pyridine rings is 1. The Bertz CT molecular complexity index is 279. The van der Waals surface area contributed by atoms with Gasteiger partial charge in [0.1, 0.15) is 5.82 Å². The quantitative estimate of drug-likeness (QED) is 0.744. The van der Waals surface area contributed by atoms with Crippen LogP contribution >= 0.6 is 0 Å². The molecule has 66 valence electrons. The number of nitrogen functional groups attached to an aromatic ring is 1. The number of alkyl halides is 2. The molecular formula is C6H5F3N2O. The minimum atomic E-state index is -3.07. The summed E-state index contributed by atoms with van der Waals surface area (Å²) in [5.74, 6) is -1.64. The molecule has 0 fully saturated rings. The first-order valence-corrected chi connectivity index (χ1v) is 2.95. The van der Waals surface area contributed by atoms with Crippen molar-refractivity contribution in [2.75, 3.05) is 5.73 Å². The Hall–Kier alpha value is -1.46. The van der Waals surface area contributed by atoms with Crippen LogP contribution < -0.4 is 10.5 Å². The van der Waals surface area contributed by atoms with Crippen molar-refractivity contribution in [1.82, 2.24) is 4.98 Å². The zero-order chi connectivity index (χ0) is 9.14. The van der Waals surface area contributed by atoms with Crippen molar-refractivity contribution in [1.29, 1.82) is 0 Å². The summed E-state index contributed by atoms with van der Waals surface area (Å²) in [7, 11) is 0. The van der Waals surface area contributed by atoms with Gasteiger partial charge in [0.15, 0.2) is 11.6 Å². The number of rotatable bonds is 2. The van der Waals surface area contributed by atoms with Gasteiger partial charge in [-0.1, -0.05) is 0 Å². The van der Waals surface area contributed by atoms with Crippen molar-refractivity contribution in [3.8, 4) is 5.75 Å². The Morgan fingerprint density at radius 3 is 2.75 bits per heavy atom. The molecule has 0 radical (unpaired) electrons. The SMILES string of the molecule is Nc1cc(OC(F)F)c(F)cn1. The molecule has 0 aromatic carbocycles. The lowest BCUT2D eigenvalue weighted by atomic mass is 10.4. The monoisotopic (exact) mass is 178 g/mol. The smallest absolute Gasteiger partial charge is 0.387 e.